The molecule has 0 saturated carbocycles. The predicted molar refractivity (Wildman–Crippen MR) is 70.0 cm³/mol. The third kappa shape index (κ3) is 2.69. The molecule has 0 spiro atoms. The minimum atomic E-state index is -3.56. The van der Waals surface area contributed by atoms with Gasteiger partial charge in [0.25, 0.3) is 0 Å². The maximum atomic E-state index is 12.2. The molecule has 0 fully saturated rings. The summed E-state index contributed by atoms with van der Waals surface area (Å²) >= 11 is 1.52. The molecular weight excluding hydrogens is 272 g/mol. The number of hydrogen-bond acceptors (Lipinski definition) is 4. The van der Waals surface area contributed by atoms with Crippen LogP contribution in [0.15, 0.2) is 44.8 Å². The van der Waals surface area contributed by atoms with E-state index in [1.54, 1.807) is 0 Å². The van der Waals surface area contributed by atoms with Crippen molar-refractivity contribution in [3.8, 4) is 0 Å². The molecule has 2 rings (SSSR count). The second kappa shape index (κ2) is 5.05. The Labute approximate surface area is 109 Å². The van der Waals surface area contributed by atoms with E-state index in [2.05, 4.69) is 4.98 Å². The van der Waals surface area contributed by atoms with Crippen LogP contribution in [0.5, 0.6) is 0 Å². The number of sulfonamides is 1. The van der Waals surface area contributed by atoms with E-state index >= 15 is 0 Å². The SMILES string of the molecule is CN(Cc1ccsc1)S(=O)(=O)c1ccc(=O)[nH]c1. The minimum absolute atomic E-state index is 0.0832. The van der Waals surface area contributed by atoms with Crippen LogP contribution in [0.25, 0.3) is 0 Å². The van der Waals surface area contributed by atoms with Crippen molar-refractivity contribution in [2.75, 3.05) is 7.05 Å². The summed E-state index contributed by atoms with van der Waals surface area (Å²) in [6.07, 6.45) is 1.21. The normalized spacial score (nSPS) is 11.9. The van der Waals surface area contributed by atoms with Crippen LogP contribution in [0.2, 0.25) is 0 Å². The van der Waals surface area contributed by atoms with Gasteiger partial charge in [-0.2, -0.15) is 15.6 Å². The first kappa shape index (κ1) is 13.0. The van der Waals surface area contributed by atoms with Gasteiger partial charge in [0, 0.05) is 25.9 Å². The summed E-state index contributed by atoms with van der Waals surface area (Å²) in [5, 5.41) is 3.80. The number of hydrogen-bond donors (Lipinski definition) is 1. The lowest BCUT2D eigenvalue weighted by molar-refractivity contribution is 0.467. The van der Waals surface area contributed by atoms with Crippen LogP contribution in [0.3, 0.4) is 0 Å². The summed E-state index contributed by atoms with van der Waals surface area (Å²) in [5.41, 5.74) is 0.616. The van der Waals surface area contributed by atoms with Crippen LogP contribution < -0.4 is 5.56 Å². The lowest BCUT2D eigenvalue weighted by Gasteiger charge is -2.16. The summed E-state index contributed by atoms with van der Waals surface area (Å²) < 4.78 is 25.6. The van der Waals surface area contributed by atoms with E-state index in [0.717, 1.165) is 5.56 Å². The van der Waals surface area contributed by atoms with E-state index in [1.165, 1.54) is 41.0 Å². The molecule has 2 aromatic rings. The fraction of sp³-hybridized carbons (Fsp3) is 0.182. The molecule has 2 heterocycles. The molecule has 0 aliphatic rings. The van der Waals surface area contributed by atoms with Crippen LogP contribution in [0, 0.1) is 0 Å². The highest BCUT2D eigenvalue weighted by Crippen LogP contribution is 2.16. The molecule has 96 valence electrons. The molecule has 5 nitrogen and oxygen atoms in total. The average molecular weight is 284 g/mol. The summed E-state index contributed by atoms with van der Waals surface area (Å²) in [6.45, 7) is 0.310. The van der Waals surface area contributed by atoms with Crippen LogP contribution in [0.4, 0.5) is 0 Å². The highest BCUT2D eigenvalue weighted by atomic mass is 32.2. The van der Waals surface area contributed by atoms with Crippen molar-refractivity contribution in [1.82, 2.24) is 9.29 Å². The van der Waals surface area contributed by atoms with E-state index in [4.69, 9.17) is 0 Å². The Bertz CT molecular complexity index is 654. The summed E-state index contributed by atoms with van der Waals surface area (Å²) in [7, 11) is -2.05. The first-order valence-corrected chi connectivity index (χ1v) is 7.54. The predicted octanol–water partition coefficient (Wildman–Crippen LogP) is 1.26. The molecule has 0 aromatic carbocycles. The van der Waals surface area contributed by atoms with Crippen molar-refractivity contribution >= 4 is 21.4 Å². The molecule has 2 aromatic heterocycles. The Morgan fingerprint density at radius 2 is 2.11 bits per heavy atom. The van der Waals surface area contributed by atoms with Crippen molar-refractivity contribution in [2.24, 2.45) is 0 Å². The van der Waals surface area contributed by atoms with Gasteiger partial charge in [-0.1, -0.05) is 0 Å². The quantitative estimate of drug-likeness (QED) is 0.918. The van der Waals surface area contributed by atoms with Gasteiger partial charge in [-0.25, -0.2) is 8.42 Å². The van der Waals surface area contributed by atoms with Gasteiger partial charge in [0.15, 0.2) is 0 Å². The molecule has 18 heavy (non-hydrogen) atoms. The molecule has 1 N–H and O–H groups in total. The second-order valence-corrected chi connectivity index (χ2v) is 6.61. The molecule has 0 bridgehead atoms. The zero-order chi connectivity index (χ0) is 13.2. The maximum Gasteiger partial charge on any atom is 0.247 e. The molecule has 0 radical (unpaired) electrons. The fourth-order valence-corrected chi connectivity index (χ4v) is 3.25. The Kier molecular flexibility index (Phi) is 3.65. The van der Waals surface area contributed by atoms with Gasteiger partial charge in [0.05, 0.1) is 4.90 Å². The lowest BCUT2D eigenvalue weighted by Crippen LogP contribution is -2.26. The average Bonchev–Trinajstić information content (AvgIpc) is 2.82. The third-order valence-electron chi connectivity index (χ3n) is 2.45. The van der Waals surface area contributed by atoms with Gasteiger partial charge >= 0.3 is 0 Å². The van der Waals surface area contributed by atoms with Gasteiger partial charge in [-0.05, 0) is 28.5 Å². The fourth-order valence-electron chi connectivity index (χ4n) is 1.46. The smallest absolute Gasteiger partial charge is 0.247 e. The van der Waals surface area contributed by atoms with Gasteiger partial charge < -0.3 is 4.98 Å². The van der Waals surface area contributed by atoms with E-state index in [1.807, 2.05) is 16.8 Å². The lowest BCUT2D eigenvalue weighted by atomic mass is 10.3. The number of H-pyrrole nitrogens is 1. The first-order valence-electron chi connectivity index (χ1n) is 5.16. The Hall–Kier alpha value is -1.44. The number of nitrogens with zero attached hydrogens (tertiary/aromatic N) is 1. The highest BCUT2D eigenvalue weighted by Gasteiger charge is 2.20. The molecule has 0 atom stereocenters. The van der Waals surface area contributed by atoms with Gasteiger partial charge in [0.2, 0.25) is 15.6 Å². The molecule has 0 aliphatic carbocycles. The molecule has 0 aliphatic heterocycles. The van der Waals surface area contributed by atoms with Crippen molar-refractivity contribution in [3.05, 3.63) is 51.1 Å². The molecular formula is C11H12N2O3S2. The third-order valence-corrected chi connectivity index (χ3v) is 4.98. The van der Waals surface area contributed by atoms with Crippen molar-refractivity contribution in [2.45, 2.75) is 11.4 Å². The van der Waals surface area contributed by atoms with Crippen LogP contribution in [-0.2, 0) is 16.6 Å². The zero-order valence-corrected chi connectivity index (χ0v) is 11.3. The summed E-state index contributed by atoms with van der Waals surface area (Å²) in [5.74, 6) is 0. The Morgan fingerprint density at radius 3 is 2.67 bits per heavy atom. The number of pyridine rings is 1. The number of aromatic nitrogens is 1. The molecule has 0 saturated heterocycles. The monoisotopic (exact) mass is 284 g/mol. The number of rotatable bonds is 4. The van der Waals surface area contributed by atoms with Crippen LogP contribution in [-0.4, -0.2) is 24.8 Å². The van der Waals surface area contributed by atoms with Gasteiger partial charge in [0.1, 0.15) is 0 Å². The van der Waals surface area contributed by atoms with Crippen LogP contribution >= 0.6 is 11.3 Å². The van der Waals surface area contributed by atoms with Crippen molar-refractivity contribution in [1.29, 1.82) is 0 Å². The van der Waals surface area contributed by atoms with Gasteiger partial charge in [-0.3, -0.25) is 4.79 Å². The van der Waals surface area contributed by atoms with Crippen molar-refractivity contribution < 1.29 is 8.42 Å². The molecule has 0 amide bonds. The van der Waals surface area contributed by atoms with Gasteiger partial charge in [-0.15, -0.1) is 0 Å². The maximum absolute atomic E-state index is 12.2. The largest absolute Gasteiger partial charge is 0.328 e. The number of thiophene rings is 1. The number of nitrogens with one attached hydrogen (secondary N) is 1. The minimum Gasteiger partial charge on any atom is -0.328 e. The summed E-state index contributed by atoms with van der Waals surface area (Å²) in [4.78, 5) is 13.4. The van der Waals surface area contributed by atoms with E-state index in [0.29, 0.717) is 6.54 Å². The first-order chi connectivity index (χ1) is 8.50. The topological polar surface area (TPSA) is 70.2 Å². The van der Waals surface area contributed by atoms with E-state index in [-0.39, 0.29) is 10.5 Å². The van der Waals surface area contributed by atoms with Crippen LogP contribution in [0.1, 0.15) is 5.56 Å². The molecule has 7 heteroatoms. The van der Waals surface area contributed by atoms with Crippen molar-refractivity contribution in [3.63, 3.8) is 0 Å². The zero-order valence-electron chi connectivity index (χ0n) is 9.66. The Morgan fingerprint density at radius 1 is 1.33 bits per heavy atom. The van der Waals surface area contributed by atoms with E-state index < -0.39 is 10.0 Å². The second-order valence-electron chi connectivity index (χ2n) is 3.78. The summed E-state index contributed by atoms with van der Waals surface area (Å²) in [6, 6.07) is 4.38. The molecule has 0 unspecified atom stereocenters. The standard InChI is InChI=1S/C11H12N2O3S2/c1-13(7-9-4-5-17-8-9)18(15,16)10-2-3-11(14)12-6-10/h2-6,8H,7H2,1H3,(H,12,14). The highest BCUT2D eigenvalue weighted by molar-refractivity contribution is 7.89. The van der Waals surface area contributed by atoms with E-state index in [9.17, 15) is 13.2 Å². The number of aromatic amines is 1. The Balaban J connectivity index is 2.25.